The lowest BCUT2D eigenvalue weighted by Crippen LogP contribution is -2.24. The van der Waals surface area contributed by atoms with Gasteiger partial charge in [-0.1, -0.05) is 41.6 Å². The fourth-order valence-electron chi connectivity index (χ4n) is 3.71. The molecule has 166 valence electrons. The number of carbonyl (C=O) groups excluding carboxylic acids is 1. The molecule has 4 aromatic rings. The molecule has 7 nitrogen and oxygen atoms in total. The summed E-state index contributed by atoms with van der Waals surface area (Å²) in [5.41, 5.74) is 5.24. The summed E-state index contributed by atoms with van der Waals surface area (Å²) in [6.45, 7) is 4.37. The van der Waals surface area contributed by atoms with Crippen LogP contribution in [0.4, 0.5) is 0 Å². The van der Waals surface area contributed by atoms with E-state index in [4.69, 9.17) is 4.74 Å². The maximum absolute atomic E-state index is 12.9. The number of aromatic nitrogens is 4. The Kier molecular flexibility index (Phi) is 5.60. The fraction of sp³-hybridized carbons (Fsp3) is 0.231. The standard InChI is InChI=1S/C26H25N5O2/c1-17-8-9-18(2)22(14-17)33-23-13-10-19(15-27-23)16-28-26(32)24-25(20-11-12-20)31(30-29-24)21-6-4-3-5-7-21/h3-10,13-15,20H,11-12,16H2,1-2H3,(H,28,32). The Hall–Kier alpha value is -4.00. The Morgan fingerprint density at radius 1 is 1.09 bits per heavy atom. The highest BCUT2D eigenvalue weighted by Crippen LogP contribution is 2.42. The van der Waals surface area contributed by atoms with Crippen LogP contribution in [0.2, 0.25) is 0 Å². The van der Waals surface area contributed by atoms with E-state index in [0.29, 0.717) is 24.0 Å². The van der Waals surface area contributed by atoms with Gasteiger partial charge >= 0.3 is 0 Å². The van der Waals surface area contributed by atoms with E-state index < -0.39 is 0 Å². The topological polar surface area (TPSA) is 81.9 Å². The first-order chi connectivity index (χ1) is 16.1. The van der Waals surface area contributed by atoms with Crippen LogP contribution < -0.4 is 10.1 Å². The first-order valence-corrected chi connectivity index (χ1v) is 11.1. The zero-order valence-electron chi connectivity index (χ0n) is 18.7. The molecule has 2 aromatic carbocycles. The van der Waals surface area contributed by atoms with E-state index in [1.54, 1.807) is 10.9 Å². The van der Waals surface area contributed by atoms with Gasteiger partial charge in [0.1, 0.15) is 5.75 Å². The van der Waals surface area contributed by atoms with Gasteiger partial charge in [-0.15, -0.1) is 5.10 Å². The summed E-state index contributed by atoms with van der Waals surface area (Å²) in [5, 5.41) is 11.4. The van der Waals surface area contributed by atoms with Gasteiger partial charge in [-0.3, -0.25) is 4.79 Å². The molecule has 0 atom stereocenters. The van der Waals surface area contributed by atoms with Crippen molar-refractivity contribution < 1.29 is 9.53 Å². The molecular formula is C26H25N5O2. The first kappa shape index (κ1) is 20.9. The lowest BCUT2D eigenvalue weighted by atomic mass is 10.1. The van der Waals surface area contributed by atoms with E-state index in [-0.39, 0.29) is 5.91 Å². The second-order valence-corrected chi connectivity index (χ2v) is 8.40. The number of nitrogens with one attached hydrogen (secondary N) is 1. The Bertz CT molecular complexity index is 1280. The number of ether oxygens (including phenoxy) is 1. The van der Waals surface area contributed by atoms with Gasteiger partial charge in [0.15, 0.2) is 5.69 Å². The van der Waals surface area contributed by atoms with Crippen molar-refractivity contribution in [2.45, 2.75) is 39.2 Å². The number of benzene rings is 2. The van der Waals surface area contributed by atoms with Crippen LogP contribution in [0.5, 0.6) is 11.6 Å². The number of pyridine rings is 1. The summed E-state index contributed by atoms with van der Waals surface area (Å²) >= 11 is 0. The van der Waals surface area contributed by atoms with Crippen molar-refractivity contribution in [2.24, 2.45) is 0 Å². The van der Waals surface area contributed by atoms with Crippen LogP contribution in [0.15, 0.2) is 66.9 Å². The summed E-state index contributed by atoms with van der Waals surface area (Å²) in [6, 6.07) is 19.6. The van der Waals surface area contributed by atoms with Crippen LogP contribution in [-0.4, -0.2) is 25.9 Å². The molecule has 0 aliphatic heterocycles. The number of aryl methyl sites for hydroxylation is 2. The second kappa shape index (κ2) is 8.86. The maximum Gasteiger partial charge on any atom is 0.274 e. The zero-order valence-corrected chi connectivity index (χ0v) is 18.7. The average Bonchev–Trinajstić information content (AvgIpc) is 3.58. The number of amides is 1. The number of hydrogen-bond donors (Lipinski definition) is 1. The van der Waals surface area contributed by atoms with Gasteiger partial charge in [0, 0.05) is 24.7 Å². The van der Waals surface area contributed by atoms with E-state index in [2.05, 4.69) is 26.7 Å². The van der Waals surface area contributed by atoms with Crippen LogP contribution in [0.25, 0.3) is 5.69 Å². The molecule has 0 spiro atoms. The molecule has 33 heavy (non-hydrogen) atoms. The van der Waals surface area contributed by atoms with Crippen LogP contribution in [0.1, 0.15) is 51.6 Å². The number of carbonyl (C=O) groups is 1. The van der Waals surface area contributed by atoms with Crippen molar-refractivity contribution in [1.29, 1.82) is 0 Å². The first-order valence-electron chi connectivity index (χ1n) is 11.1. The molecule has 0 unspecified atom stereocenters. The molecule has 1 saturated carbocycles. The number of nitrogens with zero attached hydrogens (tertiary/aromatic N) is 4. The van der Waals surface area contributed by atoms with E-state index in [1.807, 2.05) is 68.4 Å². The Morgan fingerprint density at radius 2 is 1.91 bits per heavy atom. The Labute approximate surface area is 192 Å². The lowest BCUT2D eigenvalue weighted by Gasteiger charge is -2.10. The van der Waals surface area contributed by atoms with Crippen molar-refractivity contribution in [3.63, 3.8) is 0 Å². The minimum Gasteiger partial charge on any atom is -0.439 e. The largest absolute Gasteiger partial charge is 0.439 e. The minimum atomic E-state index is -0.227. The summed E-state index contributed by atoms with van der Waals surface area (Å²) in [6.07, 6.45) is 3.81. The van der Waals surface area contributed by atoms with E-state index in [9.17, 15) is 4.79 Å². The minimum absolute atomic E-state index is 0.227. The number of hydrogen-bond acceptors (Lipinski definition) is 5. The molecule has 2 aromatic heterocycles. The molecule has 0 bridgehead atoms. The van der Waals surface area contributed by atoms with Crippen molar-refractivity contribution in [1.82, 2.24) is 25.3 Å². The predicted octanol–water partition coefficient (Wildman–Crippen LogP) is 4.88. The predicted molar refractivity (Wildman–Crippen MR) is 125 cm³/mol. The van der Waals surface area contributed by atoms with Crippen LogP contribution >= 0.6 is 0 Å². The molecular weight excluding hydrogens is 414 g/mol. The molecule has 0 saturated heterocycles. The summed E-state index contributed by atoms with van der Waals surface area (Å²) in [5.74, 6) is 1.40. The number of para-hydroxylation sites is 1. The summed E-state index contributed by atoms with van der Waals surface area (Å²) in [7, 11) is 0. The van der Waals surface area contributed by atoms with Gasteiger partial charge < -0.3 is 10.1 Å². The normalized spacial score (nSPS) is 13.0. The zero-order chi connectivity index (χ0) is 22.8. The van der Waals surface area contributed by atoms with Gasteiger partial charge in [-0.25, -0.2) is 9.67 Å². The molecule has 1 aliphatic rings. The van der Waals surface area contributed by atoms with E-state index >= 15 is 0 Å². The van der Waals surface area contributed by atoms with E-state index in [0.717, 1.165) is 46.7 Å². The molecule has 5 rings (SSSR count). The van der Waals surface area contributed by atoms with Crippen molar-refractivity contribution >= 4 is 5.91 Å². The van der Waals surface area contributed by atoms with Gasteiger partial charge in [0.25, 0.3) is 5.91 Å². The third-order valence-electron chi connectivity index (χ3n) is 5.69. The number of rotatable bonds is 7. The van der Waals surface area contributed by atoms with Gasteiger partial charge in [-0.05, 0) is 61.6 Å². The monoisotopic (exact) mass is 439 g/mol. The third kappa shape index (κ3) is 4.62. The van der Waals surface area contributed by atoms with Crippen molar-refractivity contribution in [2.75, 3.05) is 0 Å². The second-order valence-electron chi connectivity index (χ2n) is 8.40. The molecule has 1 amide bonds. The molecule has 0 radical (unpaired) electrons. The fourth-order valence-corrected chi connectivity index (χ4v) is 3.71. The van der Waals surface area contributed by atoms with E-state index in [1.165, 1.54) is 0 Å². The van der Waals surface area contributed by atoms with Gasteiger partial charge in [0.05, 0.1) is 11.4 Å². The lowest BCUT2D eigenvalue weighted by molar-refractivity contribution is 0.0944. The Morgan fingerprint density at radius 3 is 2.64 bits per heavy atom. The highest BCUT2D eigenvalue weighted by atomic mass is 16.5. The molecule has 1 fully saturated rings. The van der Waals surface area contributed by atoms with Crippen LogP contribution in [0, 0.1) is 13.8 Å². The molecule has 1 aliphatic carbocycles. The SMILES string of the molecule is Cc1ccc(C)c(Oc2ccc(CNC(=O)c3nnn(-c4ccccc4)c3C3CC3)cn2)c1. The molecule has 7 heteroatoms. The van der Waals surface area contributed by atoms with Gasteiger partial charge in [-0.2, -0.15) is 0 Å². The summed E-state index contributed by atoms with van der Waals surface area (Å²) < 4.78 is 7.70. The van der Waals surface area contributed by atoms with Crippen LogP contribution in [0.3, 0.4) is 0 Å². The third-order valence-corrected chi connectivity index (χ3v) is 5.69. The average molecular weight is 440 g/mol. The van der Waals surface area contributed by atoms with Gasteiger partial charge in [0.2, 0.25) is 5.88 Å². The summed E-state index contributed by atoms with van der Waals surface area (Å²) in [4.78, 5) is 17.3. The molecule has 1 N–H and O–H groups in total. The molecule has 2 heterocycles. The Balaban J connectivity index is 1.26. The highest BCUT2D eigenvalue weighted by Gasteiger charge is 2.34. The maximum atomic E-state index is 12.9. The quantitative estimate of drug-likeness (QED) is 0.444. The van der Waals surface area contributed by atoms with Crippen molar-refractivity contribution in [3.8, 4) is 17.3 Å². The smallest absolute Gasteiger partial charge is 0.274 e. The highest BCUT2D eigenvalue weighted by molar-refractivity contribution is 5.93. The van der Waals surface area contributed by atoms with Crippen LogP contribution in [-0.2, 0) is 6.54 Å². The van der Waals surface area contributed by atoms with Crippen molar-refractivity contribution in [3.05, 3.63) is 94.9 Å².